The van der Waals surface area contributed by atoms with Gasteiger partial charge in [-0.25, -0.2) is 8.42 Å². The molecular formula is C18H22N2O4S. The van der Waals surface area contributed by atoms with E-state index in [2.05, 4.69) is 0 Å². The summed E-state index contributed by atoms with van der Waals surface area (Å²) in [5.74, 6) is 0.655. The van der Waals surface area contributed by atoms with E-state index in [9.17, 15) is 13.2 Å². The number of hydrogen-bond acceptors (Lipinski definition) is 4. The molecular weight excluding hydrogens is 340 g/mol. The maximum absolute atomic E-state index is 13.1. The van der Waals surface area contributed by atoms with Crippen molar-refractivity contribution in [1.82, 2.24) is 9.21 Å². The van der Waals surface area contributed by atoms with Gasteiger partial charge in [-0.1, -0.05) is 24.3 Å². The minimum absolute atomic E-state index is 0.0245. The van der Waals surface area contributed by atoms with E-state index >= 15 is 0 Å². The number of amides is 1. The van der Waals surface area contributed by atoms with Crippen molar-refractivity contribution in [3.8, 4) is 5.75 Å². The van der Waals surface area contributed by atoms with E-state index in [1.807, 2.05) is 25.1 Å². The highest BCUT2D eigenvalue weighted by Gasteiger charge is 2.30. The monoisotopic (exact) mass is 362 g/mol. The van der Waals surface area contributed by atoms with Crippen molar-refractivity contribution in [2.45, 2.75) is 18.7 Å². The van der Waals surface area contributed by atoms with Gasteiger partial charge in [-0.3, -0.25) is 4.79 Å². The SMILES string of the molecule is CCOc1ccc(S(=O)(=O)N2CCN(C(C)=O)CC2)c2ccccc12. The lowest BCUT2D eigenvalue weighted by Gasteiger charge is -2.33. The van der Waals surface area contributed by atoms with Crippen LogP contribution in [0.2, 0.25) is 0 Å². The highest BCUT2D eigenvalue weighted by molar-refractivity contribution is 7.89. The van der Waals surface area contributed by atoms with Crippen LogP contribution in [0.5, 0.6) is 5.75 Å². The molecule has 0 aliphatic carbocycles. The van der Waals surface area contributed by atoms with Gasteiger partial charge in [0.2, 0.25) is 15.9 Å². The second-order valence-corrected chi connectivity index (χ2v) is 7.86. The molecule has 25 heavy (non-hydrogen) atoms. The normalized spacial score (nSPS) is 16.2. The van der Waals surface area contributed by atoms with Crippen molar-refractivity contribution in [1.29, 1.82) is 0 Å². The fourth-order valence-electron chi connectivity index (χ4n) is 3.13. The van der Waals surface area contributed by atoms with Gasteiger partial charge in [0.15, 0.2) is 0 Å². The zero-order valence-corrected chi connectivity index (χ0v) is 15.3. The quantitative estimate of drug-likeness (QED) is 0.835. The van der Waals surface area contributed by atoms with Gasteiger partial charge in [-0.2, -0.15) is 4.31 Å². The molecule has 2 aromatic rings. The first-order valence-electron chi connectivity index (χ1n) is 8.35. The zero-order valence-electron chi connectivity index (χ0n) is 14.4. The van der Waals surface area contributed by atoms with Crippen LogP contribution >= 0.6 is 0 Å². The molecule has 1 heterocycles. The van der Waals surface area contributed by atoms with Crippen LogP contribution in [0.25, 0.3) is 10.8 Å². The molecule has 0 saturated carbocycles. The summed E-state index contributed by atoms with van der Waals surface area (Å²) < 4.78 is 33.3. The second-order valence-electron chi connectivity index (χ2n) is 5.95. The number of rotatable bonds is 4. The Balaban J connectivity index is 1.98. The van der Waals surface area contributed by atoms with Crippen LogP contribution in [-0.2, 0) is 14.8 Å². The fraction of sp³-hybridized carbons (Fsp3) is 0.389. The van der Waals surface area contributed by atoms with Crippen LogP contribution < -0.4 is 4.74 Å². The second kappa shape index (κ2) is 7.01. The first kappa shape index (κ1) is 17.7. The number of nitrogens with zero attached hydrogens (tertiary/aromatic N) is 2. The summed E-state index contributed by atoms with van der Waals surface area (Å²) in [5, 5.41) is 1.44. The van der Waals surface area contributed by atoms with Gasteiger partial charge in [0, 0.05) is 43.9 Å². The van der Waals surface area contributed by atoms with Gasteiger partial charge >= 0.3 is 0 Å². The average molecular weight is 362 g/mol. The Morgan fingerprint density at radius 1 is 1.04 bits per heavy atom. The molecule has 0 atom stereocenters. The molecule has 1 fully saturated rings. The maximum Gasteiger partial charge on any atom is 0.243 e. The summed E-state index contributed by atoms with van der Waals surface area (Å²) in [6, 6.07) is 10.7. The van der Waals surface area contributed by atoms with E-state index in [0.717, 1.165) is 5.39 Å². The largest absolute Gasteiger partial charge is 0.493 e. The van der Waals surface area contributed by atoms with Crippen LogP contribution in [0.1, 0.15) is 13.8 Å². The smallest absolute Gasteiger partial charge is 0.243 e. The number of carbonyl (C=O) groups excluding carboxylic acids is 1. The molecule has 1 amide bonds. The molecule has 1 aliphatic heterocycles. The predicted molar refractivity (Wildman–Crippen MR) is 96.1 cm³/mol. The molecule has 3 rings (SSSR count). The molecule has 7 heteroatoms. The summed E-state index contributed by atoms with van der Waals surface area (Å²) in [6.45, 7) is 5.38. The number of ether oxygens (including phenoxy) is 1. The van der Waals surface area contributed by atoms with Crippen molar-refractivity contribution in [3.63, 3.8) is 0 Å². The van der Waals surface area contributed by atoms with Crippen molar-refractivity contribution in [3.05, 3.63) is 36.4 Å². The van der Waals surface area contributed by atoms with Gasteiger partial charge in [0.05, 0.1) is 11.5 Å². The number of piperazine rings is 1. The van der Waals surface area contributed by atoms with Crippen LogP contribution in [-0.4, -0.2) is 56.3 Å². The fourth-order valence-corrected chi connectivity index (χ4v) is 4.75. The standard InChI is InChI=1S/C18H22N2O4S/c1-3-24-17-8-9-18(16-7-5-4-6-15(16)17)25(22,23)20-12-10-19(11-13-20)14(2)21/h4-9H,3,10-13H2,1-2H3. The Kier molecular flexibility index (Phi) is 4.96. The van der Waals surface area contributed by atoms with Gasteiger partial charge in [0.1, 0.15) is 5.75 Å². The van der Waals surface area contributed by atoms with Gasteiger partial charge in [0.25, 0.3) is 0 Å². The molecule has 1 saturated heterocycles. The van der Waals surface area contributed by atoms with E-state index in [1.165, 1.54) is 11.2 Å². The van der Waals surface area contributed by atoms with E-state index in [-0.39, 0.29) is 10.8 Å². The van der Waals surface area contributed by atoms with Gasteiger partial charge in [-0.05, 0) is 19.1 Å². The van der Waals surface area contributed by atoms with Crippen molar-refractivity contribution in [2.75, 3.05) is 32.8 Å². The van der Waals surface area contributed by atoms with Crippen molar-refractivity contribution in [2.24, 2.45) is 0 Å². The average Bonchev–Trinajstić information content (AvgIpc) is 2.62. The van der Waals surface area contributed by atoms with Crippen molar-refractivity contribution < 1.29 is 17.9 Å². The minimum atomic E-state index is -3.63. The van der Waals surface area contributed by atoms with Crippen LogP contribution in [0, 0.1) is 0 Å². The Labute approximate surface area is 148 Å². The molecule has 0 aromatic heterocycles. The number of benzene rings is 2. The third kappa shape index (κ3) is 3.34. The molecule has 0 bridgehead atoms. The summed E-state index contributed by atoms with van der Waals surface area (Å²) in [7, 11) is -3.63. The summed E-state index contributed by atoms with van der Waals surface area (Å²) >= 11 is 0. The molecule has 0 radical (unpaired) electrons. The lowest BCUT2D eigenvalue weighted by atomic mass is 10.1. The minimum Gasteiger partial charge on any atom is -0.493 e. The molecule has 0 spiro atoms. The van der Waals surface area contributed by atoms with Crippen molar-refractivity contribution >= 4 is 26.7 Å². The van der Waals surface area contributed by atoms with Crippen LogP contribution in [0.3, 0.4) is 0 Å². The van der Waals surface area contributed by atoms with Crippen LogP contribution in [0.15, 0.2) is 41.3 Å². The number of hydrogen-bond donors (Lipinski definition) is 0. The van der Waals surface area contributed by atoms with E-state index in [0.29, 0.717) is 43.9 Å². The summed E-state index contributed by atoms with van der Waals surface area (Å²) in [4.78, 5) is 13.4. The molecule has 2 aromatic carbocycles. The van der Waals surface area contributed by atoms with E-state index < -0.39 is 10.0 Å². The highest BCUT2D eigenvalue weighted by atomic mass is 32.2. The molecule has 0 N–H and O–H groups in total. The molecule has 1 aliphatic rings. The number of fused-ring (bicyclic) bond motifs is 1. The van der Waals surface area contributed by atoms with Gasteiger partial charge in [-0.15, -0.1) is 0 Å². The van der Waals surface area contributed by atoms with Crippen LogP contribution in [0.4, 0.5) is 0 Å². The molecule has 134 valence electrons. The highest BCUT2D eigenvalue weighted by Crippen LogP contribution is 2.32. The lowest BCUT2D eigenvalue weighted by Crippen LogP contribution is -2.49. The Hall–Kier alpha value is -2.12. The Bertz CT molecular complexity index is 887. The first-order valence-corrected chi connectivity index (χ1v) is 9.79. The van der Waals surface area contributed by atoms with E-state index in [4.69, 9.17) is 4.74 Å². The third-order valence-electron chi connectivity index (χ3n) is 4.45. The third-order valence-corrected chi connectivity index (χ3v) is 6.40. The summed E-state index contributed by atoms with van der Waals surface area (Å²) in [5.41, 5.74) is 0. The van der Waals surface area contributed by atoms with Gasteiger partial charge < -0.3 is 9.64 Å². The Morgan fingerprint density at radius 2 is 1.68 bits per heavy atom. The first-order chi connectivity index (χ1) is 11.9. The van der Waals surface area contributed by atoms with E-state index in [1.54, 1.807) is 23.1 Å². The maximum atomic E-state index is 13.1. The molecule has 6 nitrogen and oxygen atoms in total. The zero-order chi connectivity index (χ0) is 18.0. The Morgan fingerprint density at radius 3 is 2.28 bits per heavy atom. The number of sulfonamides is 1. The topological polar surface area (TPSA) is 66.9 Å². The predicted octanol–water partition coefficient (Wildman–Crippen LogP) is 2.09. The molecule has 0 unspecified atom stereocenters. The summed E-state index contributed by atoms with van der Waals surface area (Å²) in [6.07, 6.45) is 0. The lowest BCUT2D eigenvalue weighted by molar-refractivity contribution is -0.129. The number of carbonyl (C=O) groups is 1.